The van der Waals surface area contributed by atoms with Crippen LogP contribution in [0.1, 0.15) is 66.7 Å². The lowest BCUT2D eigenvalue weighted by atomic mass is 9.80. The maximum atomic E-state index is 14.1. The molecule has 7 atom stereocenters. The number of morpholine rings is 1. The van der Waals surface area contributed by atoms with Gasteiger partial charge in [0.1, 0.15) is 18.3 Å². The van der Waals surface area contributed by atoms with Crippen LogP contribution in [0.15, 0.2) is 0 Å². The quantitative estimate of drug-likeness (QED) is 0.192. The Hall–Kier alpha value is -2.77. The number of piperidine rings is 1. The molecule has 0 radical (unpaired) electrons. The van der Waals surface area contributed by atoms with E-state index < -0.39 is 59.4 Å². The van der Waals surface area contributed by atoms with Gasteiger partial charge in [0.25, 0.3) is 5.91 Å². The summed E-state index contributed by atoms with van der Waals surface area (Å²) >= 11 is 0. The number of Topliss-reactive ketones (excluding diaryl/α,β-unsaturated/α-hetero) is 1. The van der Waals surface area contributed by atoms with Crippen molar-refractivity contribution < 1.29 is 33.8 Å². The molecule has 3 unspecified atom stereocenters. The number of nitrogens with zero attached hydrogens (tertiary/aromatic N) is 2. The summed E-state index contributed by atoms with van der Waals surface area (Å²) in [5, 5.41) is 19.5. The summed E-state index contributed by atoms with van der Waals surface area (Å²) < 4.78 is 5.38. The van der Waals surface area contributed by atoms with Crippen LogP contribution in [-0.2, 0) is 23.9 Å². The van der Waals surface area contributed by atoms with Gasteiger partial charge < -0.3 is 36.4 Å². The molecular formula is C30H50N6O7. The maximum absolute atomic E-state index is 14.1. The van der Waals surface area contributed by atoms with Crippen LogP contribution in [0.4, 0.5) is 4.79 Å². The van der Waals surface area contributed by atoms with Gasteiger partial charge in [0.15, 0.2) is 0 Å². The predicted molar refractivity (Wildman–Crippen MR) is 157 cm³/mol. The molecule has 0 aromatic carbocycles. The number of amides is 5. The second kappa shape index (κ2) is 13.5. The summed E-state index contributed by atoms with van der Waals surface area (Å²) in [6, 6.07) is -3.97. The average Bonchev–Trinajstić information content (AvgIpc) is 3.58. The van der Waals surface area contributed by atoms with Crippen molar-refractivity contribution in [1.29, 1.82) is 0 Å². The van der Waals surface area contributed by atoms with Gasteiger partial charge in [-0.05, 0) is 41.9 Å². The van der Waals surface area contributed by atoms with E-state index in [1.807, 2.05) is 39.5 Å². The summed E-state index contributed by atoms with van der Waals surface area (Å²) in [4.78, 5) is 68.7. The van der Waals surface area contributed by atoms with Crippen LogP contribution >= 0.6 is 0 Å². The van der Waals surface area contributed by atoms with Crippen LogP contribution in [0.2, 0.25) is 0 Å². The van der Waals surface area contributed by atoms with E-state index in [1.165, 1.54) is 4.90 Å². The first-order valence-electron chi connectivity index (χ1n) is 15.7. The zero-order valence-electron chi connectivity index (χ0n) is 26.1. The molecule has 0 aromatic heterocycles. The van der Waals surface area contributed by atoms with Gasteiger partial charge in [-0.25, -0.2) is 4.79 Å². The molecule has 2 saturated carbocycles. The molecule has 0 aromatic rings. The van der Waals surface area contributed by atoms with Crippen LogP contribution < -0.4 is 21.7 Å². The first kappa shape index (κ1) is 33.1. The van der Waals surface area contributed by atoms with Gasteiger partial charge in [0.2, 0.25) is 17.6 Å². The molecule has 2 aliphatic heterocycles. The highest BCUT2D eigenvalue weighted by Gasteiger charge is 2.58. The van der Waals surface area contributed by atoms with Gasteiger partial charge in [0.05, 0.1) is 25.3 Å². The topological polar surface area (TPSA) is 183 Å². The van der Waals surface area contributed by atoms with Gasteiger partial charge in [-0.15, -0.1) is 0 Å². The Balaban J connectivity index is 1.45. The molecule has 242 valence electrons. The third kappa shape index (κ3) is 7.85. The molecule has 2 aliphatic carbocycles. The Bertz CT molecular complexity index is 1070. The SMILES string of the molecule is CC(C)[C@H](NC(=O)N[C@H](C(=O)N1CC2C[C@@H]2[C@H]1C(=O)NC(CC1CCC1)C(=O)C(N)=O)C(C)(C)C)C(O)N1CCOCC1. The van der Waals surface area contributed by atoms with Crippen molar-refractivity contribution in [2.24, 2.45) is 34.8 Å². The van der Waals surface area contributed by atoms with Crippen molar-refractivity contribution in [2.75, 3.05) is 32.8 Å². The van der Waals surface area contributed by atoms with Crippen LogP contribution in [0.25, 0.3) is 0 Å². The Morgan fingerprint density at radius 2 is 1.67 bits per heavy atom. The Morgan fingerprint density at radius 1 is 1.02 bits per heavy atom. The molecule has 0 spiro atoms. The standard InChI is InChI=1S/C30H50N6O7/c1-16(2)21(27(40)35-9-11-43-12-10-35)33-29(42)34-24(30(3,4)5)28(41)36-15-18-14-19(18)22(36)26(39)32-20(23(37)25(31)38)13-17-7-6-8-17/h16-22,24,27,40H,6-15H2,1-5H3,(H2,31,38)(H,32,39)(H2,33,34,42)/t18?,19-,20?,21-,22-,24+,27?/m0/s1. The fourth-order valence-electron chi connectivity index (χ4n) is 6.54. The highest BCUT2D eigenvalue weighted by molar-refractivity contribution is 6.37. The van der Waals surface area contributed by atoms with Crippen LogP contribution in [-0.4, -0.2) is 108 Å². The van der Waals surface area contributed by atoms with Crippen LogP contribution in [0.5, 0.6) is 0 Å². The van der Waals surface area contributed by atoms with E-state index >= 15 is 0 Å². The van der Waals surface area contributed by atoms with Crippen LogP contribution in [0.3, 0.4) is 0 Å². The minimum absolute atomic E-state index is 0.0413. The van der Waals surface area contributed by atoms with Gasteiger partial charge in [-0.1, -0.05) is 53.9 Å². The number of nitrogens with one attached hydrogen (secondary N) is 3. The van der Waals surface area contributed by atoms with Crippen molar-refractivity contribution in [2.45, 2.75) is 97.1 Å². The summed E-state index contributed by atoms with van der Waals surface area (Å²) in [6.45, 7) is 11.8. The number of nitrogens with two attached hydrogens (primary N) is 1. The van der Waals surface area contributed by atoms with Gasteiger partial charge in [-0.2, -0.15) is 0 Å². The largest absolute Gasteiger partial charge is 0.379 e. The number of primary amides is 1. The Morgan fingerprint density at radius 3 is 2.21 bits per heavy atom. The van der Waals surface area contributed by atoms with E-state index in [1.54, 1.807) is 0 Å². The molecular weight excluding hydrogens is 556 g/mol. The summed E-state index contributed by atoms with van der Waals surface area (Å²) in [6.07, 6.45) is 3.13. The molecule has 6 N–H and O–H groups in total. The van der Waals surface area contributed by atoms with Crippen molar-refractivity contribution >= 4 is 29.5 Å². The van der Waals surface area contributed by atoms with E-state index in [4.69, 9.17) is 10.5 Å². The monoisotopic (exact) mass is 606 g/mol. The molecule has 4 rings (SSSR count). The third-order valence-electron chi connectivity index (χ3n) is 9.52. The minimum Gasteiger partial charge on any atom is -0.379 e. The normalized spacial score (nSPS) is 26.9. The molecule has 2 saturated heterocycles. The lowest BCUT2D eigenvalue weighted by Crippen LogP contribution is -2.63. The number of carbonyl (C=O) groups is 5. The maximum Gasteiger partial charge on any atom is 0.315 e. The van der Waals surface area contributed by atoms with Gasteiger partial charge in [-0.3, -0.25) is 24.1 Å². The number of carbonyl (C=O) groups excluding carboxylic acids is 5. The molecule has 13 heteroatoms. The van der Waals surface area contributed by atoms with E-state index in [9.17, 15) is 29.1 Å². The first-order valence-corrected chi connectivity index (χ1v) is 15.7. The number of aliphatic hydroxyl groups is 1. The zero-order valence-corrected chi connectivity index (χ0v) is 26.1. The number of likely N-dealkylation sites (tertiary alicyclic amines) is 1. The molecule has 4 aliphatic rings. The van der Waals surface area contributed by atoms with Crippen molar-refractivity contribution in [3.05, 3.63) is 0 Å². The molecule has 13 nitrogen and oxygen atoms in total. The fraction of sp³-hybridized carbons (Fsp3) is 0.833. The average molecular weight is 607 g/mol. The second-order valence-corrected chi connectivity index (χ2v) is 14.2. The van der Waals surface area contributed by atoms with E-state index in [-0.39, 0.29) is 29.6 Å². The number of ether oxygens (including phenoxy) is 1. The summed E-state index contributed by atoms with van der Waals surface area (Å²) in [5.74, 6) is -2.50. The number of aliphatic hydroxyl groups excluding tert-OH is 1. The molecule has 2 heterocycles. The number of hydrogen-bond donors (Lipinski definition) is 5. The van der Waals surface area contributed by atoms with E-state index in [2.05, 4.69) is 16.0 Å². The summed E-state index contributed by atoms with van der Waals surface area (Å²) in [7, 11) is 0. The Labute approximate surface area is 254 Å². The van der Waals surface area contributed by atoms with E-state index in [0.29, 0.717) is 39.3 Å². The molecule has 5 amide bonds. The minimum atomic E-state index is -1.09. The van der Waals surface area contributed by atoms with Crippen molar-refractivity contribution in [3.8, 4) is 0 Å². The molecule has 43 heavy (non-hydrogen) atoms. The third-order valence-corrected chi connectivity index (χ3v) is 9.52. The molecule has 0 bridgehead atoms. The van der Waals surface area contributed by atoms with Gasteiger partial charge >= 0.3 is 6.03 Å². The number of urea groups is 1. The number of fused-ring (bicyclic) bond motifs is 1. The highest BCUT2D eigenvalue weighted by Crippen LogP contribution is 2.50. The number of rotatable bonds is 12. The fourth-order valence-corrected chi connectivity index (χ4v) is 6.54. The number of hydrogen-bond acceptors (Lipinski definition) is 8. The van der Waals surface area contributed by atoms with Crippen molar-refractivity contribution in [3.63, 3.8) is 0 Å². The smallest absolute Gasteiger partial charge is 0.315 e. The number of ketones is 1. The Kier molecular flexibility index (Phi) is 10.4. The predicted octanol–water partition coefficient (Wildman–Crippen LogP) is -0.0482. The van der Waals surface area contributed by atoms with Gasteiger partial charge in [0, 0.05) is 19.6 Å². The van der Waals surface area contributed by atoms with E-state index in [0.717, 1.165) is 25.7 Å². The molecule has 4 fully saturated rings. The zero-order chi connectivity index (χ0) is 31.6. The lowest BCUT2D eigenvalue weighted by molar-refractivity contribution is -0.144. The highest BCUT2D eigenvalue weighted by atomic mass is 16.5. The van der Waals surface area contributed by atoms with Crippen molar-refractivity contribution in [1.82, 2.24) is 25.8 Å². The first-order chi connectivity index (χ1) is 20.2. The summed E-state index contributed by atoms with van der Waals surface area (Å²) in [5.41, 5.74) is 4.58. The second-order valence-electron chi connectivity index (χ2n) is 14.2. The van der Waals surface area contributed by atoms with Crippen LogP contribution in [0, 0.1) is 29.1 Å². The lowest BCUT2D eigenvalue weighted by Gasteiger charge is -2.39.